The number of nitriles is 1. The van der Waals surface area contributed by atoms with Gasteiger partial charge in [-0.1, -0.05) is 19.9 Å². The van der Waals surface area contributed by atoms with E-state index in [1.54, 1.807) is 0 Å². The molecule has 20 heavy (non-hydrogen) atoms. The van der Waals surface area contributed by atoms with E-state index >= 15 is 0 Å². The molecule has 4 heteroatoms. The first-order valence-corrected chi connectivity index (χ1v) is 8.42. The Labute approximate surface area is 126 Å². The number of rotatable bonds is 5. The van der Waals surface area contributed by atoms with Crippen LogP contribution in [0.2, 0.25) is 0 Å². The molecule has 3 nitrogen and oxygen atoms in total. The predicted molar refractivity (Wildman–Crippen MR) is 87.2 cm³/mol. The quantitative estimate of drug-likeness (QED) is 0.904. The highest BCUT2D eigenvalue weighted by atomic mass is 32.2. The average Bonchev–Trinajstić information content (AvgIpc) is 2.47. The Morgan fingerprint density at radius 3 is 2.75 bits per heavy atom. The van der Waals surface area contributed by atoms with E-state index in [1.165, 1.54) is 5.56 Å². The predicted octanol–water partition coefficient (Wildman–Crippen LogP) is 2.86. The Morgan fingerprint density at radius 1 is 1.35 bits per heavy atom. The Morgan fingerprint density at radius 2 is 2.10 bits per heavy atom. The molecule has 0 atom stereocenters. The molecule has 0 amide bonds. The van der Waals surface area contributed by atoms with Crippen LogP contribution >= 0.6 is 11.8 Å². The average molecular weight is 289 g/mol. The molecule has 1 aromatic carbocycles. The van der Waals surface area contributed by atoms with Crippen molar-refractivity contribution in [3.63, 3.8) is 0 Å². The minimum absolute atomic E-state index is 0.649. The fourth-order valence-corrected chi connectivity index (χ4v) is 3.27. The Hall–Kier alpha value is -1.18. The summed E-state index contributed by atoms with van der Waals surface area (Å²) in [7, 11) is 0. The van der Waals surface area contributed by atoms with Crippen LogP contribution in [0.1, 0.15) is 25.0 Å². The molecule has 0 radical (unpaired) electrons. The topological polar surface area (TPSA) is 39.1 Å². The highest BCUT2D eigenvalue weighted by Gasteiger charge is 2.14. The summed E-state index contributed by atoms with van der Waals surface area (Å²) in [6.07, 6.45) is 0. The highest BCUT2D eigenvalue weighted by molar-refractivity contribution is 7.99. The fourth-order valence-electron chi connectivity index (χ4n) is 2.37. The van der Waals surface area contributed by atoms with E-state index < -0.39 is 0 Å². The van der Waals surface area contributed by atoms with Gasteiger partial charge in [0.1, 0.15) is 6.07 Å². The van der Waals surface area contributed by atoms with Crippen molar-refractivity contribution in [3.8, 4) is 6.07 Å². The van der Waals surface area contributed by atoms with Gasteiger partial charge in [0.2, 0.25) is 0 Å². The molecule has 0 saturated carbocycles. The molecule has 1 saturated heterocycles. The molecule has 108 valence electrons. The molecule has 1 N–H and O–H groups in total. The lowest BCUT2D eigenvalue weighted by molar-refractivity contribution is 0.552. The molecule has 0 aliphatic carbocycles. The zero-order valence-corrected chi connectivity index (χ0v) is 13.2. The molecular formula is C16H23N3S. The number of hydrogen-bond acceptors (Lipinski definition) is 4. The minimum Gasteiger partial charge on any atom is -0.369 e. The van der Waals surface area contributed by atoms with E-state index in [-0.39, 0.29) is 0 Å². The molecule has 0 unspecified atom stereocenters. The second-order valence-corrected chi connectivity index (χ2v) is 6.81. The lowest BCUT2D eigenvalue weighted by Gasteiger charge is -2.29. The summed E-state index contributed by atoms with van der Waals surface area (Å²) in [6.45, 7) is 8.33. The van der Waals surface area contributed by atoms with Gasteiger partial charge >= 0.3 is 0 Å². The van der Waals surface area contributed by atoms with Crippen LogP contribution < -0.4 is 10.2 Å². The first-order valence-electron chi connectivity index (χ1n) is 7.27. The SMILES string of the molecule is CC(C)CNCc1ccc(N2CCSCC2)c(C#N)c1. The fraction of sp³-hybridized carbons (Fsp3) is 0.562. The summed E-state index contributed by atoms with van der Waals surface area (Å²) in [5, 5.41) is 12.8. The van der Waals surface area contributed by atoms with Crippen molar-refractivity contribution in [3.05, 3.63) is 29.3 Å². The number of hydrogen-bond donors (Lipinski definition) is 1. The van der Waals surface area contributed by atoms with Crippen molar-refractivity contribution in [2.75, 3.05) is 36.0 Å². The maximum atomic E-state index is 9.38. The van der Waals surface area contributed by atoms with E-state index in [0.717, 1.165) is 48.9 Å². The summed E-state index contributed by atoms with van der Waals surface area (Å²) in [5.74, 6) is 2.96. The molecule has 1 fully saturated rings. The highest BCUT2D eigenvalue weighted by Crippen LogP contribution is 2.24. The molecule has 0 spiro atoms. The van der Waals surface area contributed by atoms with Gasteiger partial charge in [0.05, 0.1) is 11.3 Å². The number of anilines is 1. The Bertz CT molecular complexity index is 473. The monoisotopic (exact) mass is 289 g/mol. The smallest absolute Gasteiger partial charge is 0.101 e. The van der Waals surface area contributed by atoms with Gasteiger partial charge in [-0.2, -0.15) is 17.0 Å². The van der Waals surface area contributed by atoms with Crippen molar-refractivity contribution in [1.29, 1.82) is 5.26 Å². The number of nitrogens with zero attached hydrogens (tertiary/aromatic N) is 2. The third-order valence-electron chi connectivity index (χ3n) is 3.41. The van der Waals surface area contributed by atoms with Crippen molar-refractivity contribution < 1.29 is 0 Å². The van der Waals surface area contributed by atoms with Gasteiger partial charge < -0.3 is 10.2 Å². The molecule has 2 rings (SSSR count). The van der Waals surface area contributed by atoms with Gasteiger partial charge in [-0.3, -0.25) is 0 Å². The maximum Gasteiger partial charge on any atom is 0.101 e. The van der Waals surface area contributed by atoms with Crippen LogP contribution in [0.25, 0.3) is 0 Å². The van der Waals surface area contributed by atoms with Crippen molar-refractivity contribution in [2.45, 2.75) is 20.4 Å². The number of thioether (sulfide) groups is 1. The second-order valence-electron chi connectivity index (χ2n) is 5.59. The van der Waals surface area contributed by atoms with Gasteiger partial charge in [0, 0.05) is 31.1 Å². The van der Waals surface area contributed by atoms with Crippen LogP contribution in [0, 0.1) is 17.2 Å². The third-order valence-corrected chi connectivity index (χ3v) is 4.36. The maximum absolute atomic E-state index is 9.38. The zero-order chi connectivity index (χ0) is 14.4. The first kappa shape index (κ1) is 15.2. The van der Waals surface area contributed by atoms with Gasteiger partial charge in [-0.15, -0.1) is 0 Å². The zero-order valence-electron chi connectivity index (χ0n) is 12.4. The Balaban J connectivity index is 2.05. The Kier molecular flexibility index (Phi) is 5.75. The van der Waals surface area contributed by atoms with E-state index in [1.807, 2.05) is 17.8 Å². The molecule has 1 aromatic rings. The van der Waals surface area contributed by atoms with Crippen LogP contribution in [0.4, 0.5) is 5.69 Å². The standard InChI is InChI=1S/C16H23N3S/c1-13(2)11-18-12-14-3-4-16(15(9-14)10-17)19-5-7-20-8-6-19/h3-4,9,13,18H,5-8,11-12H2,1-2H3. The van der Waals surface area contributed by atoms with Gasteiger partial charge in [0.25, 0.3) is 0 Å². The largest absolute Gasteiger partial charge is 0.369 e. The van der Waals surface area contributed by atoms with Crippen molar-refractivity contribution in [1.82, 2.24) is 5.32 Å². The number of nitrogens with one attached hydrogen (secondary N) is 1. The van der Waals surface area contributed by atoms with E-state index in [9.17, 15) is 5.26 Å². The molecule has 1 aliphatic rings. The second kappa shape index (κ2) is 7.56. The van der Waals surface area contributed by atoms with Gasteiger partial charge in [-0.25, -0.2) is 0 Å². The normalized spacial score (nSPS) is 15.4. The molecule has 1 aliphatic heterocycles. The lowest BCUT2D eigenvalue weighted by atomic mass is 10.1. The molecular weight excluding hydrogens is 266 g/mol. The van der Waals surface area contributed by atoms with Crippen LogP contribution in [0.5, 0.6) is 0 Å². The van der Waals surface area contributed by atoms with E-state index in [2.05, 4.69) is 42.3 Å². The first-order chi connectivity index (χ1) is 9.70. The van der Waals surface area contributed by atoms with Crippen LogP contribution in [-0.2, 0) is 6.54 Å². The number of benzene rings is 1. The summed E-state index contributed by atoms with van der Waals surface area (Å²) in [6, 6.07) is 8.64. The van der Waals surface area contributed by atoms with Crippen molar-refractivity contribution >= 4 is 17.4 Å². The lowest BCUT2D eigenvalue weighted by Crippen LogP contribution is -2.33. The summed E-state index contributed by atoms with van der Waals surface area (Å²) in [5.41, 5.74) is 3.10. The van der Waals surface area contributed by atoms with Crippen molar-refractivity contribution in [2.24, 2.45) is 5.92 Å². The van der Waals surface area contributed by atoms with Gasteiger partial charge in [0.15, 0.2) is 0 Å². The summed E-state index contributed by atoms with van der Waals surface area (Å²) in [4.78, 5) is 2.33. The summed E-state index contributed by atoms with van der Waals surface area (Å²) < 4.78 is 0. The third kappa shape index (κ3) is 4.16. The van der Waals surface area contributed by atoms with Crippen LogP contribution in [-0.4, -0.2) is 31.1 Å². The molecule has 1 heterocycles. The van der Waals surface area contributed by atoms with Crippen LogP contribution in [0.15, 0.2) is 18.2 Å². The van der Waals surface area contributed by atoms with Gasteiger partial charge in [-0.05, 0) is 30.2 Å². The van der Waals surface area contributed by atoms with E-state index in [4.69, 9.17) is 0 Å². The van der Waals surface area contributed by atoms with Crippen LogP contribution in [0.3, 0.4) is 0 Å². The van der Waals surface area contributed by atoms with E-state index in [0.29, 0.717) is 5.92 Å². The summed E-state index contributed by atoms with van der Waals surface area (Å²) >= 11 is 1.99. The molecule has 0 aromatic heterocycles. The minimum atomic E-state index is 0.649. The molecule has 0 bridgehead atoms.